The largest absolute Gasteiger partial charge is 0.497 e. The zero-order chi connectivity index (χ0) is 22.5. The van der Waals surface area contributed by atoms with Gasteiger partial charge in [0.15, 0.2) is 5.78 Å². The molecular weight excluding hydrogens is 402 g/mol. The number of carbonyl (C=O) groups excluding carboxylic acids is 2. The fourth-order valence-electron chi connectivity index (χ4n) is 4.46. The number of Topliss-reactive ketones (excluding diaryl/α,β-unsaturated/α-hetero) is 1. The Hall–Kier alpha value is -3.44. The van der Waals surface area contributed by atoms with E-state index in [1.165, 1.54) is 0 Å². The molecule has 0 aliphatic carbocycles. The molecule has 1 aliphatic rings. The van der Waals surface area contributed by atoms with E-state index >= 15 is 0 Å². The van der Waals surface area contributed by atoms with Gasteiger partial charge in [-0.25, -0.2) is 0 Å². The lowest BCUT2D eigenvalue weighted by molar-refractivity contribution is -0.135. The summed E-state index contributed by atoms with van der Waals surface area (Å²) in [5.41, 5.74) is 2.49. The minimum atomic E-state index is -0.607. The summed E-state index contributed by atoms with van der Waals surface area (Å²) in [7, 11) is 3.20. The lowest BCUT2D eigenvalue weighted by Gasteiger charge is -2.25. The number of methoxy groups -OCH3 is 2. The van der Waals surface area contributed by atoms with E-state index in [0.717, 1.165) is 16.9 Å². The number of nitrogens with zero attached hydrogens (tertiary/aromatic N) is 1. The second-order valence-corrected chi connectivity index (χ2v) is 8.00. The van der Waals surface area contributed by atoms with E-state index in [4.69, 9.17) is 9.47 Å². The van der Waals surface area contributed by atoms with Crippen molar-refractivity contribution in [2.24, 2.45) is 11.8 Å². The van der Waals surface area contributed by atoms with Crippen molar-refractivity contribution in [2.45, 2.75) is 12.6 Å². The summed E-state index contributed by atoms with van der Waals surface area (Å²) in [6.45, 7) is 0.829. The zero-order valence-corrected chi connectivity index (χ0v) is 18.3. The number of hydrogen-bond acceptors (Lipinski definition) is 4. The lowest BCUT2D eigenvalue weighted by atomic mass is 9.82. The van der Waals surface area contributed by atoms with Gasteiger partial charge in [-0.1, -0.05) is 72.8 Å². The first-order valence-corrected chi connectivity index (χ1v) is 10.7. The van der Waals surface area contributed by atoms with Crippen molar-refractivity contribution in [2.75, 3.05) is 20.8 Å². The molecule has 5 nitrogen and oxygen atoms in total. The maximum Gasteiger partial charge on any atom is 0.229 e. The number of ether oxygens (including phenoxy) is 2. The predicted molar refractivity (Wildman–Crippen MR) is 122 cm³/mol. The van der Waals surface area contributed by atoms with Crippen molar-refractivity contribution in [3.8, 4) is 5.75 Å². The highest BCUT2D eigenvalue weighted by atomic mass is 16.5. The number of likely N-dealkylation sites (tertiary alicyclic amines) is 1. The third-order valence-electron chi connectivity index (χ3n) is 6.08. The Morgan fingerprint density at radius 2 is 1.56 bits per heavy atom. The van der Waals surface area contributed by atoms with Gasteiger partial charge in [0.1, 0.15) is 5.75 Å². The van der Waals surface area contributed by atoms with Gasteiger partial charge >= 0.3 is 0 Å². The summed E-state index contributed by atoms with van der Waals surface area (Å²) in [5.74, 6) is -0.477. The molecule has 0 radical (unpaired) electrons. The number of amides is 1. The minimum Gasteiger partial charge on any atom is -0.497 e. The topological polar surface area (TPSA) is 55.8 Å². The highest BCUT2D eigenvalue weighted by Gasteiger charge is 2.48. The van der Waals surface area contributed by atoms with Crippen molar-refractivity contribution in [3.05, 3.63) is 102 Å². The third-order valence-corrected chi connectivity index (χ3v) is 6.08. The van der Waals surface area contributed by atoms with E-state index in [1.807, 2.05) is 72.8 Å². The van der Waals surface area contributed by atoms with Crippen LogP contribution in [0.25, 0.3) is 0 Å². The predicted octanol–water partition coefficient (Wildman–Crippen LogP) is 4.54. The Morgan fingerprint density at radius 3 is 2.16 bits per heavy atom. The van der Waals surface area contributed by atoms with Crippen LogP contribution in [0.3, 0.4) is 0 Å². The molecule has 32 heavy (non-hydrogen) atoms. The first kappa shape index (κ1) is 21.8. The summed E-state index contributed by atoms with van der Waals surface area (Å²) < 4.78 is 11.1. The molecule has 3 aromatic carbocycles. The van der Waals surface area contributed by atoms with Crippen LogP contribution in [0.2, 0.25) is 0 Å². The van der Waals surface area contributed by atoms with Crippen LogP contribution >= 0.6 is 0 Å². The summed E-state index contributed by atoms with van der Waals surface area (Å²) >= 11 is 0. The fourth-order valence-corrected chi connectivity index (χ4v) is 4.46. The molecule has 0 spiro atoms. The van der Waals surface area contributed by atoms with Crippen molar-refractivity contribution in [3.63, 3.8) is 0 Å². The van der Waals surface area contributed by atoms with Crippen LogP contribution in [-0.4, -0.2) is 37.4 Å². The Kier molecular flexibility index (Phi) is 6.66. The van der Waals surface area contributed by atoms with Crippen LogP contribution < -0.4 is 4.74 Å². The van der Waals surface area contributed by atoms with E-state index in [9.17, 15) is 9.59 Å². The molecule has 0 saturated carbocycles. The molecule has 3 aromatic rings. The number of rotatable bonds is 8. The van der Waals surface area contributed by atoms with Crippen LogP contribution in [0.5, 0.6) is 5.75 Å². The lowest BCUT2D eigenvalue weighted by Crippen LogP contribution is -2.31. The summed E-state index contributed by atoms with van der Waals surface area (Å²) in [4.78, 5) is 28.9. The highest BCUT2D eigenvalue weighted by Crippen LogP contribution is 2.40. The molecular formula is C27H27NO4. The van der Waals surface area contributed by atoms with Gasteiger partial charge in [-0.2, -0.15) is 0 Å². The quantitative estimate of drug-likeness (QED) is 0.494. The van der Waals surface area contributed by atoms with E-state index < -0.39 is 17.9 Å². The van der Waals surface area contributed by atoms with Gasteiger partial charge in [0.05, 0.1) is 25.0 Å². The van der Waals surface area contributed by atoms with Gasteiger partial charge in [0, 0.05) is 25.8 Å². The van der Waals surface area contributed by atoms with Crippen molar-refractivity contribution < 1.29 is 19.1 Å². The van der Waals surface area contributed by atoms with E-state index in [0.29, 0.717) is 18.7 Å². The van der Waals surface area contributed by atoms with Crippen LogP contribution in [0, 0.1) is 11.8 Å². The minimum absolute atomic E-state index is 0.0323. The molecule has 0 bridgehead atoms. The SMILES string of the molecule is COc1ccc(C(OC)[C@@H]2C(=O)N(Cc3ccccc3)C[C@H]2C(=O)c2ccccc2)cc1. The maximum atomic E-state index is 13.6. The van der Waals surface area contributed by atoms with Crippen molar-refractivity contribution in [1.82, 2.24) is 4.90 Å². The Bertz CT molecular complexity index is 1050. The van der Waals surface area contributed by atoms with Gasteiger partial charge in [-0.05, 0) is 23.3 Å². The van der Waals surface area contributed by atoms with Gasteiger partial charge in [0.2, 0.25) is 5.91 Å². The highest BCUT2D eigenvalue weighted by molar-refractivity contribution is 6.02. The van der Waals surface area contributed by atoms with Crippen molar-refractivity contribution in [1.29, 1.82) is 0 Å². The van der Waals surface area contributed by atoms with Crippen LogP contribution in [0.15, 0.2) is 84.9 Å². The van der Waals surface area contributed by atoms with Gasteiger partial charge in [-0.3, -0.25) is 9.59 Å². The average Bonchev–Trinajstić information content (AvgIpc) is 3.16. The van der Waals surface area contributed by atoms with Crippen LogP contribution in [-0.2, 0) is 16.1 Å². The maximum absolute atomic E-state index is 13.6. The molecule has 1 amide bonds. The molecule has 1 fully saturated rings. The van der Waals surface area contributed by atoms with E-state index in [1.54, 1.807) is 31.3 Å². The second kappa shape index (κ2) is 9.79. The van der Waals surface area contributed by atoms with Crippen molar-refractivity contribution >= 4 is 11.7 Å². The smallest absolute Gasteiger partial charge is 0.229 e. The first-order valence-electron chi connectivity index (χ1n) is 10.7. The summed E-state index contributed by atoms with van der Waals surface area (Å²) in [6.07, 6.45) is -0.535. The molecule has 164 valence electrons. The van der Waals surface area contributed by atoms with Gasteiger partial charge < -0.3 is 14.4 Å². The molecule has 1 aliphatic heterocycles. The molecule has 0 N–H and O–H groups in total. The summed E-state index contributed by atoms with van der Waals surface area (Å²) in [6, 6.07) is 26.5. The molecule has 0 aromatic heterocycles. The molecule has 5 heteroatoms. The Labute approximate surface area is 188 Å². The Balaban J connectivity index is 1.68. The van der Waals surface area contributed by atoms with Gasteiger partial charge in [0.25, 0.3) is 0 Å². The number of ketones is 1. The fraction of sp³-hybridized carbons (Fsp3) is 0.259. The molecule has 4 rings (SSSR count). The third kappa shape index (κ3) is 4.43. The Morgan fingerprint density at radius 1 is 0.938 bits per heavy atom. The number of hydrogen-bond donors (Lipinski definition) is 0. The number of benzene rings is 3. The van der Waals surface area contributed by atoms with E-state index in [2.05, 4.69) is 0 Å². The average molecular weight is 430 g/mol. The molecule has 1 saturated heterocycles. The normalized spacial score (nSPS) is 19.1. The molecule has 1 heterocycles. The monoisotopic (exact) mass is 429 g/mol. The van der Waals surface area contributed by atoms with E-state index in [-0.39, 0.29) is 11.7 Å². The molecule has 3 atom stereocenters. The number of carbonyl (C=O) groups is 2. The summed E-state index contributed by atoms with van der Waals surface area (Å²) in [5, 5.41) is 0. The second-order valence-electron chi connectivity index (χ2n) is 8.00. The zero-order valence-electron chi connectivity index (χ0n) is 18.3. The van der Waals surface area contributed by atoms with Crippen LogP contribution in [0.4, 0.5) is 0 Å². The first-order chi connectivity index (χ1) is 15.6. The standard InChI is InChI=1S/C27H27NO4/c1-31-22-15-13-21(14-16-22)26(32-2)24-23(25(29)20-11-7-4-8-12-20)18-28(27(24)30)17-19-9-5-3-6-10-19/h3-16,23-24,26H,17-18H2,1-2H3/t23-,24-,26?/m1/s1. The van der Waals surface area contributed by atoms with Crippen LogP contribution in [0.1, 0.15) is 27.6 Å². The van der Waals surface area contributed by atoms with Gasteiger partial charge in [-0.15, -0.1) is 0 Å². The molecule has 1 unspecified atom stereocenters.